The number of hydrogen-bond acceptors (Lipinski definition) is 2. The maximum atomic E-state index is 10.5. The van der Waals surface area contributed by atoms with Gasteiger partial charge in [-0.3, -0.25) is 4.79 Å². The molecule has 0 spiro atoms. The van der Waals surface area contributed by atoms with Crippen molar-refractivity contribution in [3.63, 3.8) is 0 Å². The Hall–Kier alpha value is -2.33. The first-order valence-corrected chi connectivity index (χ1v) is 12.5. The van der Waals surface area contributed by atoms with Gasteiger partial charge in [-0.1, -0.05) is 69.7 Å². The molecule has 1 aromatic carbocycles. The van der Waals surface area contributed by atoms with Gasteiger partial charge >= 0.3 is 5.97 Å². The van der Waals surface area contributed by atoms with Crippen molar-refractivity contribution in [2.75, 3.05) is 26.2 Å². The molecule has 1 heterocycles. The maximum Gasteiger partial charge on any atom is 0.310 e. The van der Waals surface area contributed by atoms with Crippen molar-refractivity contribution >= 4 is 5.97 Å². The van der Waals surface area contributed by atoms with E-state index in [1.54, 1.807) is 11.8 Å². The van der Waals surface area contributed by atoms with Crippen molar-refractivity contribution in [3.05, 3.63) is 73.0 Å². The number of likely N-dealkylation sites (tertiary alicyclic amines) is 1. The third-order valence-corrected chi connectivity index (χ3v) is 5.59. The van der Waals surface area contributed by atoms with E-state index >= 15 is 0 Å². The van der Waals surface area contributed by atoms with Crippen LogP contribution < -0.4 is 4.90 Å². The highest BCUT2D eigenvalue weighted by atomic mass is 16.5. The fourth-order valence-corrected chi connectivity index (χ4v) is 3.46. The number of hydrogen-bond donors (Lipinski definition) is 2. The van der Waals surface area contributed by atoms with Crippen LogP contribution in [0.2, 0.25) is 0 Å². The highest BCUT2D eigenvalue weighted by Crippen LogP contribution is 2.14. The van der Waals surface area contributed by atoms with Crippen molar-refractivity contribution in [2.45, 2.75) is 73.1 Å². The summed E-state index contributed by atoms with van der Waals surface area (Å²) in [5, 5.41) is 8.64. The number of aliphatic carboxylic acids is 1. The van der Waals surface area contributed by atoms with Crippen molar-refractivity contribution in [2.24, 2.45) is 5.92 Å². The second kappa shape index (κ2) is 22.8. The van der Waals surface area contributed by atoms with Crippen LogP contribution in [-0.2, 0) is 9.53 Å². The molecule has 4 heteroatoms. The summed E-state index contributed by atoms with van der Waals surface area (Å²) in [6.07, 6.45) is 11.5. The van der Waals surface area contributed by atoms with Crippen LogP contribution in [0.15, 0.2) is 67.5 Å². The molecule has 4 nitrogen and oxygen atoms in total. The number of benzene rings is 1. The average molecular weight is 461 g/mol. The lowest BCUT2D eigenvalue weighted by molar-refractivity contribution is -0.906. The molecule has 0 bridgehead atoms. The summed E-state index contributed by atoms with van der Waals surface area (Å²) in [5.41, 5.74) is 0.847. The first-order valence-electron chi connectivity index (χ1n) is 12.5. The molecule has 1 aliphatic rings. The molecule has 0 aromatic heterocycles. The zero-order chi connectivity index (χ0) is 25.5. The molecule has 1 aliphatic heterocycles. The first kappa shape index (κ1) is 32.8. The normalized spacial score (nSPS) is 18.4. The van der Waals surface area contributed by atoms with Crippen LogP contribution in [0.25, 0.3) is 0 Å². The number of carboxylic acid groups (broad SMARTS) is 1. The van der Waals surface area contributed by atoms with E-state index < -0.39 is 11.9 Å². The van der Waals surface area contributed by atoms with Crippen LogP contribution in [0.3, 0.4) is 0 Å². The molecular weight excluding hydrogens is 410 g/mol. The summed E-state index contributed by atoms with van der Waals surface area (Å²) in [6, 6.07) is 9.19. The van der Waals surface area contributed by atoms with Crippen molar-refractivity contribution in [3.8, 4) is 0 Å². The smallest absolute Gasteiger partial charge is 0.310 e. The molecule has 1 fully saturated rings. The molecule has 1 aromatic rings. The maximum absolute atomic E-state index is 10.5. The second-order valence-corrected chi connectivity index (χ2v) is 7.83. The zero-order valence-corrected chi connectivity index (χ0v) is 22.1. The van der Waals surface area contributed by atoms with Gasteiger partial charge in [0, 0.05) is 6.42 Å². The Balaban J connectivity index is 0. The van der Waals surface area contributed by atoms with E-state index in [0.717, 1.165) is 23.8 Å². The molecule has 0 radical (unpaired) electrons. The Morgan fingerprint density at radius 1 is 1.21 bits per heavy atom. The van der Waals surface area contributed by atoms with Crippen LogP contribution in [0, 0.1) is 5.92 Å². The van der Waals surface area contributed by atoms with E-state index in [0.29, 0.717) is 0 Å². The number of ether oxygens (including phenoxy) is 1. The monoisotopic (exact) mass is 460 g/mol. The largest absolute Gasteiger partial charge is 0.498 e. The van der Waals surface area contributed by atoms with Gasteiger partial charge in [0.2, 0.25) is 0 Å². The van der Waals surface area contributed by atoms with Crippen LogP contribution in [0.4, 0.5) is 0 Å². The minimum atomic E-state index is -0.781. The summed E-state index contributed by atoms with van der Waals surface area (Å²) >= 11 is 0. The third kappa shape index (κ3) is 16.9. The Labute approximate surface area is 204 Å². The Kier molecular flexibility index (Phi) is 22.7. The lowest BCUT2D eigenvalue weighted by Crippen LogP contribution is -3.13. The number of nitrogens with one attached hydrogen (secondary N) is 1. The molecule has 1 saturated heterocycles. The summed E-state index contributed by atoms with van der Waals surface area (Å²) in [5.74, 6) is 0.830. The van der Waals surface area contributed by atoms with E-state index in [4.69, 9.17) is 9.84 Å². The van der Waals surface area contributed by atoms with E-state index in [2.05, 4.69) is 20.1 Å². The zero-order valence-electron chi connectivity index (χ0n) is 22.1. The van der Waals surface area contributed by atoms with Crippen molar-refractivity contribution in [1.82, 2.24) is 0 Å². The van der Waals surface area contributed by atoms with Gasteiger partial charge in [0.05, 0.1) is 37.9 Å². The minimum absolute atomic E-state index is 0.406. The van der Waals surface area contributed by atoms with Gasteiger partial charge in [-0.25, -0.2) is 0 Å². The van der Waals surface area contributed by atoms with Gasteiger partial charge in [-0.2, -0.15) is 0 Å². The van der Waals surface area contributed by atoms with Crippen LogP contribution >= 0.6 is 0 Å². The van der Waals surface area contributed by atoms with Gasteiger partial charge in [0.1, 0.15) is 0 Å². The third-order valence-electron chi connectivity index (χ3n) is 5.59. The Morgan fingerprint density at radius 2 is 1.79 bits per heavy atom. The summed E-state index contributed by atoms with van der Waals surface area (Å²) in [7, 11) is 0. The number of rotatable bonds is 9. The van der Waals surface area contributed by atoms with E-state index in [-0.39, 0.29) is 0 Å². The highest BCUT2D eigenvalue weighted by Gasteiger charge is 2.20. The predicted octanol–water partition coefficient (Wildman–Crippen LogP) is 6.28. The molecule has 1 atom stereocenters. The SMILES string of the molecule is C/C=C\C=C(/C)OCCC[NH+]1CCC(CC)CC1.C=C.CC.CC(C(=O)O)c1ccccc1. The average Bonchev–Trinajstić information content (AvgIpc) is 2.88. The van der Waals surface area contributed by atoms with Gasteiger partial charge in [0.25, 0.3) is 0 Å². The number of piperidine rings is 1. The molecule has 33 heavy (non-hydrogen) atoms. The summed E-state index contributed by atoms with van der Waals surface area (Å²) in [4.78, 5) is 12.3. The standard InChI is InChI=1S/C16H29NO.C9H10O2.C2H6.C2H4/c1-4-6-8-15(3)18-14-7-11-17-12-9-16(5-2)10-13-17;1-7(9(10)11)8-5-3-2-4-6-8;2*1-2/h4,6,8,16H,5,7,9-14H2,1-3H3;2-7H,1H3,(H,10,11);1-2H3;1-2H2/p+1/b6-4-,15-8+;;;. The molecule has 0 aliphatic carbocycles. The molecule has 0 amide bonds. The molecular formula is C29H50NO3+. The second-order valence-electron chi connectivity index (χ2n) is 7.83. The van der Waals surface area contributed by atoms with Gasteiger partial charge < -0.3 is 14.7 Å². The molecule has 188 valence electrons. The van der Waals surface area contributed by atoms with Crippen LogP contribution in [-0.4, -0.2) is 37.3 Å². The van der Waals surface area contributed by atoms with Crippen LogP contribution in [0.5, 0.6) is 0 Å². The lowest BCUT2D eigenvalue weighted by atomic mass is 9.94. The Morgan fingerprint density at radius 3 is 2.27 bits per heavy atom. The first-order chi connectivity index (χ1) is 16.0. The van der Waals surface area contributed by atoms with Crippen molar-refractivity contribution < 1.29 is 19.5 Å². The number of carbonyl (C=O) groups is 1. The van der Waals surface area contributed by atoms with Gasteiger partial charge in [-0.15, -0.1) is 13.2 Å². The summed E-state index contributed by atoms with van der Waals surface area (Å²) < 4.78 is 5.67. The molecule has 2 N–H and O–H groups in total. The molecule has 0 saturated carbocycles. The van der Waals surface area contributed by atoms with Gasteiger partial charge in [0.15, 0.2) is 0 Å². The van der Waals surface area contributed by atoms with E-state index in [9.17, 15) is 4.79 Å². The Bertz CT molecular complexity index is 632. The van der Waals surface area contributed by atoms with Crippen molar-refractivity contribution in [1.29, 1.82) is 0 Å². The quantitative estimate of drug-likeness (QED) is 0.197. The molecule has 1 unspecified atom stereocenters. The predicted molar refractivity (Wildman–Crippen MR) is 143 cm³/mol. The lowest BCUT2D eigenvalue weighted by Gasteiger charge is -2.28. The highest BCUT2D eigenvalue weighted by molar-refractivity contribution is 5.75. The van der Waals surface area contributed by atoms with Gasteiger partial charge in [-0.05, 0) is 51.2 Å². The number of carboxylic acids is 1. The number of allylic oxidation sites excluding steroid dienone is 4. The fourth-order valence-electron chi connectivity index (χ4n) is 3.46. The van der Waals surface area contributed by atoms with E-state index in [1.807, 2.05) is 76.3 Å². The van der Waals surface area contributed by atoms with Crippen LogP contribution in [0.1, 0.15) is 78.7 Å². The summed E-state index contributed by atoms with van der Waals surface area (Å²) in [6.45, 7) is 22.9. The fraction of sp³-hybridized carbons (Fsp3) is 0.552. The van der Waals surface area contributed by atoms with E-state index in [1.165, 1.54) is 45.3 Å². The topological polar surface area (TPSA) is 51.0 Å². The number of quaternary nitrogens is 1. The molecule has 2 rings (SSSR count). The minimum Gasteiger partial charge on any atom is -0.498 e.